The van der Waals surface area contributed by atoms with Crippen LogP contribution >= 0.6 is 0 Å². The summed E-state index contributed by atoms with van der Waals surface area (Å²) in [7, 11) is -1.92. The molecule has 0 saturated heterocycles. The van der Waals surface area contributed by atoms with Gasteiger partial charge < -0.3 is 9.64 Å². The number of aryl methyl sites for hydroxylation is 1. The molecule has 1 amide bonds. The van der Waals surface area contributed by atoms with Gasteiger partial charge in [-0.05, 0) is 44.9 Å². The maximum atomic E-state index is 12.5. The average molecular weight is 413 g/mol. The van der Waals surface area contributed by atoms with E-state index in [1.165, 1.54) is 9.21 Å². The first-order chi connectivity index (χ1) is 12.9. The SMILES string of the molecule is CCN(CC)S(=O)(=O)c1ccc(CCC(=O)N(C)CC(=O)OC(C)(C)C)cc1. The molecule has 0 bridgehead atoms. The van der Waals surface area contributed by atoms with Crippen molar-refractivity contribution in [2.75, 3.05) is 26.7 Å². The van der Waals surface area contributed by atoms with Gasteiger partial charge in [-0.25, -0.2) is 8.42 Å². The van der Waals surface area contributed by atoms with Gasteiger partial charge in [-0.3, -0.25) is 9.59 Å². The Morgan fingerprint density at radius 2 is 1.57 bits per heavy atom. The molecule has 0 radical (unpaired) electrons. The zero-order valence-corrected chi connectivity index (χ0v) is 18.5. The van der Waals surface area contributed by atoms with Gasteiger partial charge in [0.2, 0.25) is 15.9 Å². The van der Waals surface area contributed by atoms with Gasteiger partial charge >= 0.3 is 5.97 Å². The average Bonchev–Trinajstić information content (AvgIpc) is 2.59. The van der Waals surface area contributed by atoms with Crippen LogP contribution < -0.4 is 0 Å². The number of carbonyl (C=O) groups excluding carboxylic acids is 2. The van der Waals surface area contributed by atoms with Crippen molar-refractivity contribution in [3.63, 3.8) is 0 Å². The zero-order chi connectivity index (χ0) is 21.5. The first kappa shape index (κ1) is 24.1. The predicted octanol–water partition coefficient (Wildman–Crippen LogP) is 2.45. The monoisotopic (exact) mass is 412 g/mol. The number of amides is 1. The molecule has 0 aliphatic heterocycles. The van der Waals surface area contributed by atoms with E-state index in [1.54, 1.807) is 65.9 Å². The predicted molar refractivity (Wildman–Crippen MR) is 108 cm³/mol. The summed E-state index contributed by atoms with van der Waals surface area (Å²) in [6.07, 6.45) is 0.685. The van der Waals surface area contributed by atoms with Crippen LogP contribution in [-0.2, 0) is 30.8 Å². The Kier molecular flexibility index (Phi) is 8.63. The minimum atomic E-state index is -3.48. The Balaban J connectivity index is 2.64. The zero-order valence-electron chi connectivity index (χ0n) is 17.7. The maximum Gasteiger partial charge on any atom is 0.326 e. The molecule has 0 heterocycles. The molecule has 0 atom stereocenters. The van der Waals surface area contributed by atoms with Crippen LogP contribution in [0.1, 0.15) is 46.6 Å². The van der Waals surface area contributed by atoms with Crippen LogP contribution in [0.2, 0.25) is 0 Å². The summed E-state index contributed by atoms with van der Waals surface area (Å²) in [5, 5.41) is 0. The first-order valence-electron chi connectivity index (χ1n) is 9.45. The lowest BCUT2D eigenvalue weighted by molar-refractivity contribution is -0.158. The summed E-state index contributed by atoms with van der Waals surface area (Å²) < 4.78 is 31.6. The molecule has 0 spiro atoms. The lowest BCUT2D eigenvalue weighted by Gasteiger charge is -2.22. The Labute approximate surface area is 168 Å². The van der Waals surface area contributed by atoms with Gasteiger partial charge in [-0.1, -0.05) is 26.0 Å². The molecule has 0 unspecified atom stereocenters. The van der Waals surface area contributed by atoms with Gasteiger partial charge in [0, 0.05) is 26.6 Å². The Hall–Kier alpha value is -1.93. The van der Waals surface area contributed by atoms with Crippen molar-refractivity contribution in [3.8, 4) is 0 Å². The maximum absolute atomic E-state index is 12.5. The van der Waals surface area contributed by atoms with Crippen LogP contribution in [0.15, 0.2) is 29.2 Å². The van der Waals surface area contributed by atoms with E-state index in [0.717, 1.165) is 5.56 Å². The molecule has 158 valence electrons. The van der Waals surface area contributed by atoms with Crippen molar-refractivity contribution in [2.24, 2.45) is 0 Å². The summed E-state index contributed by atoms with van der Waals surface area (Å²) in [6.45, 7) is 9.66. The summed E-state index contributed by atoms with van der Waals surface area (Å²) in [4.78, 5) is 25.6. The fraction of sp³-hybridized carbons (Fsp3) is 0.600. The third-order valence-corrected chi connectivity index (χ3v) is 6.17. The molecule has 1 aromatic rings. The lowest BCUT2D eigenvalue weighted by atomic mass is 10.1. The molecule has 0 fully saturated rings. The normalized spacial score (nSPS) is 12.1. The number of ether oxygens (including phenoxy) is 1. The number of nitrogens with zero attached hydrogens (tertiary/aromatic N) is 2. The molecular weight excluding hydrogens is 380 g/mol. The third-order valence-electron chi connectivity index (χ3n) is 4.11. The number of benzene rings is 1. The van der Waals surface area contributed by atoms with Gasteiger partial charge in [-0.2, -0.15) is 4.31 Å². The van der Waals surface area contributed by atoms with Gasteiger partial charge in [-0.15, -0.1) is 0 Å². The molecule has 0 aromatic heterocycles. The molecule has 8 heteroatoms. The number of sulfonamides is 1. The van der Waals surface area contributed by atoms with Crippen molar-refractivity contribution in [1.82, 2.24) is 9.21 Å². The van der Waals surface area contributed by atoms with Crippen molar-refractivity contribution < 1.29 is 22.7 Å². The third kappa shape index (κ3) is 7.24. The Morgan fingerprint density at radius 1 is 1.04 bits per heavy atom. The van der Waals surface area contributed by atoms with Crippen LogP contribution in [0.25, 0.3) is 0 Å². The Bertz CT molecular complexity index is 763. The van der Waals surface area contributed by atoms with Crippen molar-refractivity contribution in [1.29, 1.82) is 0 Å². The fourth-order valence-electron chi connectivity index (χ4n) is 2.64. The largest absolute Gasteiger partial charge is 0.459 e. The first-order valence-corrected chi connectivity index (χ1v) is 10.9. The minimum Gasteiger partial charge on any atom is -0.459 e. The van der Waals surface area contributed by atoms with E-state index in [0.29, 0.717) is 19.5 Å². The van der Waals surface area contributed by atoms with Crippen molar-refractivity contribution in [3.05, 3.63) is 29.8 Å². The van der Waals surface area contributed by atoms with E-state index in [1.807, 2.05) is 0 Å². The Morgan fingerprint density at radius 3 is 2.04 bits per heavy atom. The molecule has 0 N–H and O–H groups in total. The van der Waals surface area contributed by atoms with E-state index in [9.17, 15) is 18.0 Å². The van der Waals surface area contributed by atoms with E-state index in [2.05, 4.69) is 0 Å². The van der Waals surface area contributed by atoms with E-state index >= 15 is 0 Å². The van der Waals surface area contributed by atoms with Crippen molar-refractivity contribution >= 4 is 21.9 Å². The topological polar surface area (TPSA) is 84.0 Å². The molecule has 0 aliphatic carbocycles. The number of carbonyl (C=O) groups is 2. The van der Waals surface area contributed by atoms with Crippen LogP contribution in [-0.4, -0.2) is 61.8 Å². The second kappa shape index (κ2) is 10.0. The van der Waals surface area contributed by atoms with E-state index in [4.69, 9.17) is 4.74 Å². The quantitative estimate of drug-likeness (QED) is 0.582. The summed E-state index contributed by atoms with van der Waals surface area (Å²) >= 11 is 0. The number of likely N-dealkylation sites (N-methyl/N-ethyl adjacent to an activating group) is 1. The van der Waals surface area contributed by atoms with Gasteiger partial charge in [0.05, 0.1) is 4.90 Å². The highest BCUT2D eigenvalue weighted by atomic mass is 32.2. The summed E-state index contributed by atoms with van der Waals surface area (Å²) in [5.41, 5.74) is 0.270. The van der Waals surface area contributed by atoms with Crippen molar-refractivity contribution in [2.45, 2.75) is 58.0 Å². The molecule has 28 heavy (non-hydrogen) atoms. The van der Waals surface area contributed by atoms with Crippen LogP contribution in [0.5, 0.6) is 0 Å². The summed E-state index contributed by atoms with van der Waals surface area (Å²) in [5.74, 6) is -0.625. The number of esters is 1. The minimum absolute atomic E-state index is 0.100. The number of hydrogen-bond donors (Lipinski definition) is 0. The molecule has 0 aliphatic rings. The van der Waals surface area contributed by atoms with Crippen LogP contribution in [0.3, 0.4) is 0 Å². The van der Waals surface area contributed by atoms with Crippen LogP contribution in [0.4, 0.5) is 0 Å². The van der Waals surface area contributed by atoms with Gasteiger partial charge in [0.15, 0.2) is 0 Å². The molecular formula is C20H32N2O5S. The lowest BCUT2D eigenvalue weighted by Crippen LogP contribution is -2.36. The molecule has 7 nitrogen and oxygen atoms in total. The second-order valence-electron chi connectivity index (χ2n) is 7.57. The van der Waals surface area contributed by atoms with E-state index < -0.39 is 21.6 Å². The molecule has 1 aromatic carbocycles. The highest BCUT2D eigenvalue weighted by Crippen LogP contribution is 2.17. The highest BCUT2D eigenvalue weighted by molar-refractivity contribution is 7.89. The molecule has 1 rings (SSSR count). The number of hydrogen-bond acceptors (Lipinski definition) is 5. The smallest absolute Gasteiger partial charge is 0.326 e. The fourth-order valence-corrected chi connectivity index (χ4v) is 4.10. The van der Waals surface area contributed by atoms with Crippen LogP contribution in [0, 0.1) is 0 Å². The van der Waals surface area contributed by atoms with Gasteiger partial charge in [0.25, 0.3) is 0 Å². The summed E-state index contributed by atoms with van der Waals surface area (Å²) in [6, 6.07) is 6.57. The number of rotatable bonds is 9. The second-order valence-corrected chi connectivity index (χ2v) is 9.51. The highest BCUT2D eigenvalue weighted by Gasteiger charge is 2.22. The standard InChI is InChI=1S/C20H32N2O5S/c1-7-22(8-2)28(25,26)17-12-9-16(10-13-17)11-14-18(23)21(6)15-19(24)27-20(3,4)5/h9-10,12-13H,7-8,11,14-15H2,1-6H3. The van der Waals surface area contributed by atoms with E-state index in [-0.39, 0.29) is 23.8 Å². The molecule has 0 saturated carbocycles. The van der Waals surface area contributed by atoms with Gasteiger partial charge in [0.1, 0.15) is 12.1 Å².